The fourth-order valence-corrected chi connectivity index (χ4v) is 6.88. The number of carbonyl (C=O) groups is 2. The summed E-state index contributed by atoms with van der Waals surface area (Å²) in [6.45, 7) is 1.11. The van der Waals surface area contributed by atoms with E-state index in [0.717, 1.165) is 66.9 Å². The summed E-state index contributed by atoms with van der Waals surface area (Å²) in [7, 11) is 0. The third kappa shape index (κ3) is 7.36. The highest BCUT2D eigenvalue weighted by Crippen LogP contribution is 2.51. The highest BCUT2D eigenvalue weighted by molar-refractivity contribution is 6.00. The predicted molar refractivity (Wildman–Crippen MR) is 175 cm³/mol. The van der Waals surface area contributed by atoms with E-state index in [2.05, 4.69) is 15.5 Å². The van der Waals surface area contributed by atoms with Crippen LogP contribution in [0.3, 0.4) is 0 Å². The van der Waals surface area contributed by atoms with Gasteiger partial charge in [-0.2, -0.15) is 13.2 Å². The largest absolute Gasteiger partial charge is 0.457 e. The molecule has 0 unspecified atom stereocenters. The minimum Gasteiger partial charge on any atom is -0.457 e. The minimum absolute atomic E-state index is 0.0751. The lowest BCUT2D eigenvalue weighted by Crippen LogP contribution is -2.47. The number of ether oxygens (including phenoxy) is 1. The van der Waals surface area contributed by atoms with Crippen molar-refractivity contribution in [3.8, 4) is 22.6 Å². The van der Waals surface area contributed by atoms with Gasteiger partial charge in [0.25, 0.3) is 5.91 Å². The summed E-state index contributed by atoms with van der Waals surface area (Å²) in [4.78, 5) is 28.9. The number of alkyl halides is 3. The summed E-state index contributed by atoms with van der Waals surface area (Å²) in [5.41, 5.74) is 2.71. The van der Waals surface area contributed by atoms with E-state index in [0.29, 0.717) is 24.2 Å². The van der Waals surface area contributed by atoms with Crippen LogP contribution in [-0.4, -0.2) is 55.1 Å². The molecule has 9 heteroatoms. The zero-order chi connectivity index (χ0) is 32.9. The van der Waals surface area contributed by atoms with Crippen molar-refractivity contribution >= 4 is 11.8 Å². The van der Waals surface area contributed by atoms with E-state index in [1.54, 1.807) is 24.3 Å². The molecule has 2 N–H and O–H groups in total. The Morgan fingerprint density at radius 2 is 1.34 bits per heavy atom. The first-order valence-electron chi connectivity index (χ1n) is 16.1. The normalized spacial score (nSPS) is 15.8. The molecule has 0 aromatic heterocycles. The maximum Gasteiger partial charge on any atom is 0.405 e. The van der Waals surface area contributed by atoms with Crippen molar-refractivity contribution in [2.45, 2.75) is 49.7 Å². The Morgan fingerprint density at radius 3 is 1.96 bits per heavy atom. The van der Waals surface area contributed by atoms with Crippen LogP contribution in [0.25, 0.3) is 11.1 Å². The van der Waals surface area contributed by atoms with Crippen LogP contribution in [0.1, 0.15) is 53.6 Å². The third-order valence-electron chi connectivity index (χ3n) is 9.20. The number of benzene rings is 4. The van der Waals surface area contributed by atoms with Crippen molar-refractivity contribution in [1.82, 2.24) is 15.5 Å². The van der Waals surface area contributed by atoms with Crippen LogP contribution in [-0.2, 0) is 10.2 Å². The second kappa shape index (κ2) is 14.0. The molecular weight excluding hydrogens is 603 g/mol. The fourth-order valence-electron chi connectivity index (χ4n) is 6.88. The summed E-state index contributed by atoms with van der Waals surface area (Å²) in [5, 5.41) is 5.36. The van der Waals surface area contributed by atoms with Gasteiger partial charge in [0.2, 0.25) is 5.91 Å². The van der Waals surface area contributed by atoms with E-state index in [-0.39, 0.29) is 11.9 Å². The number of nitrogens with one attached hydrogen (secondary N) is 2. The predicted octanol–water partition coefficient (Wildman–Crippen LogP) is 7.49. The Labute approximate surface area is 272 Å². The Kier molecular flexibility index (Phi) is 9.63. The molecule has 244 valence electrons. The van der Waals surface area contributed by atoms with Gasteiger partial charge >= 0.3 is 6.18 Å². The quantitative estimate of drug-likeness (QED) is 0.167. The van der Waals surface area contributed by atoms with E-state index in [1.165, 1.54) is 0 Å². The van der Waals surface area contributed by atoms with Gasteiger partial charge in [0.05, 0.1) is 0 Å². The van der Waals surface area contributed by atoms with Crippen molar-refractivity contribution in [3.63, 3.8) is 0 Å². The van der Waals surface area contributed by atoms with Crippen LogP contribution in [0, 0.1) is 0 Å². The van der Waals surface area contributed by atoms with E-state index < -0.39 is 24.0 Å². The SMILES string of the molecule is O=C(NC1CCN(CCCCC2(C(=O)NCC(F)(F)F)c3ccccc3-c3ccccc32)CC1)c1ccc(Oc2ccccc2)cc1. The van der Waals surface area contributed by atoms with Crippen molar-refractivity contribution in [1.29, 1.82) is 0 Å². The number of rotatable bonds is 11. The smallest absolute Gasteiger partial charge is 0.405 e. The average molecular weight is 642 g/mol. The van der Waals surface area contributed by atoms with Crippen LogP contribution in [0.5, 0.6) is 11.5 Å². The summed E-state index contributed by atoms with van der Waals surface area (Å²) in [5.74, 6) is 0.676. The molecule has 0 atom stereocenters. The van der Waals surface area contributed by atoms with Crippen LogP contribution in [0.2, 0.25) is 0 Å². The minimum atomic E-state index is -4.50. The first-order valence-corrected chi connectivity index (χ1v) is 16.1. The summed E-state index contributed by atoms with van der Waals surface area (Å²) in [6, 6.07) is 31.7. The van der Waals surface area contributed by atoms with E-state index >= 15 is 0 Å². The number of hydrogen-bond acceptors (Lipinski definition) is 4. The second-order valence-corrected chi connectivity index (χ2v) is 12.3. The highest BCUT2D eigenvalue weighted by Gasteiger charge is 2.49. The first-order chi connectivity index (χ1) is 22.7. The molecule has 4 aromatic carbocycles. The molecule has 6 nitrogen and oxygen atoms in total. The Hall–Kier alpha value is -4.63. The topological polar surface area (TPSA) is 70.7 Å². The van der Waals surface area contributed by atoms with Gasteiger partial charge in [0.15, 0.2) is 0 Å². The molecule has 6 rings (SSSR count). The van der Waals surface area contributed by atoms with Gasteiger partial charge in [-0.05, 0) is 90.9 Å². The first kappa shape index (κ1) is 32.3. The van der Waals surface area contributed by atoms with Crippen LogP contribution < -0.4 is 15.4 Å². The monoisotopic (exact) mass is 641 g/mol. The van der Waals surface area contributed by atoms with E-state index in [4.69, 9.17) is 4.74 Å². The maximum atomic E-state index is 13.7. The summed E-state index contributed by atoms with van der Waals surface area (Å²) in [6.07, 6.45) is -0.971. The number of fused-ring (bicyclic) bond motifs is 3. The third-order valence-corrected chi connectivity index (χ3v) is 9.20. The fraction of sp³-hybridized carbons (Fsp3) is 0.316. The molecule has 47 heavy (non-hydrogen) atoms. The van der Waals surface area contributed by atoms with Crippen molar-refractivity contribution in [3.05, 3.63) is 120 Å². The van der Waals surface area contributed by atoms with Crippen LogP contribution in [0.15, 0.2) is 103 Å². The van der Waals surface area contributed by atoms with Gasteiger partial charge in [-0.25, -0.2) is 0 Å². The average Bonchev–Trinajstić information content (AvgIpc) is 3.37. The second-order valence-electron chi connectivity index (χ2n) is 12.3. The zero-order valence-corrected chi connectivity index (χ0v) is 26.1. The van der Waals surface area contributed by atoms with Crippen molar-refractivity contribution in [2.75, 3.05) is 26.2 Å². The Bertz CT molecular complexity index is 1640. The van der Waals surface area contributed by atoms with Gasteiger partial charge in [-0.1, -0.05) is 73.2 Å². The molecule has 1 aliphatic carbocycles. The van der Waals surface area contributed by atoms with E-state index in [1.807, 2.05) is 78.9 Å². The van der Waals surface area contributed by atoms with Crippen LogP contribution in [0.4, 0.5) is 13.2 Å². The lowest BCUT2D eigenvalue weighted by atomic mass is 9.73. The summed E-state index contributed by atoms with van der Waals surface area (Å²) >= 11 is 0. The molecule has 0 saturated carbocycles. The molecule has 1 aliphatic heterocycles. The number of para-hydroxylation sites is 1. The number of likely N-dealkylation sites (tertiary alicyclic amines) is 1. The molecule has 1 heterocycles. The molecule has 1 saturated heterocycles. The highest BCUT2D eigenvalue weighted by atomic mass is 19.4. The van der Waals surface area contributed by atoms with Crippen molar-refractivity contribution in [2.24, 2.45) is 0 Å². The van der Waals surface area contributed by atoms with Gasteiger partial charge in [0.1, 0.15) is 23.5 Å². The Balaban J connectivity index is 1.01. The zero-order valence-electron chi connectivity index (χ0n) is 26.1. The molecule has 1 fully saturated rings. The summed E-state index contributed by atoms with van der Waals surface area (Å²) < 4.78 is 45.3. The van der Waals surface area contributed by atoms with Gasteiger partial charge in [0, 0.05) is 24.7 Å². The number of nitrogens with zero attached hydrogens (tertiary/aromatic N) is 1. The number of amides is 2. The molecule has 0 spiro atoms. The molecule has 0 radical (unpaired) electrons. The lowest BCUT2D eigenvalue weighted by molar-refractivity contribution is -0.141. The number of halogens is 3. The number of carbonyl (C=O) groups excluding carboxylic acids is 2. The van der Waals surface area contributed by atoms with Gasteiger partial charge < -0.3 is 20.3 Å². The van der Waals surface area contributed by atoms with Crippen LogP contribution >= 0.6 is 0 Å². The number of unbranched alkanes of at least 4 members (excludes halogenated alkanes) is 1. The number of piperidine rings is 1. The van der Waals surface area contributed by atoms with Gasteiger partial charge in [-0.3, -0.25) is 9.59 Å². The number of hydrogen-bond donors (Lipinski definition) is 2. The maximum absolute atomic E-state index is 13.7. The van der Waals surface area contributed by atoms with E-state index in [9.17, 15) is 22.8 Å². The molecular formula is C38H38F3N3O3. The molecule has 4 aromatic rings. The standard InChI is InChI=1S/C38H38F3N3O3/c39-38(40,41)26-42-36(46)37(33-14-6-4-12-31(33)32-13-5-7-15-34(32)37)22-8-9-23-44-24-20-28(21-25-44)43-35(45)27-16-18-30(19-17-27)47-29-10-2-1-3-11-29/h1-7,10-19,28H,8-9,20-26H2,(H,42,46)(H,43,45). The Morgan fingerprint density at radius 1 is 0.766 bits per heavy atom. The molecule has 0 bridgehead atoms. The van der Waals surface area contributed by atoms with Crippen molar-refractivity contribution < 1.29 is 27.5 Å². The molecule has 2 aliphatic rings. The molecule has 2 amide bonds. The lowest BCUT2D eigenvalue weighted by Gasteiger charge is -2.33. The van der Waals surface area contributed by atoms with Gasteiger partial charge in [-0.15, -0.1) is 0 Å².